The van der Waals surface area contributed by atoms with Crippen molar-refractivity contribution < 1.29 is 22.7 Å². The van der Waals surface area contributed by atoms with Crippen molar-refractivity contribution in [2.75, 3.05) is 13.7 Å². The van der Waals surface area contributed by atoms with Crippen LogP contribution >= 0.6 is 15.9 Å². The average molecular weight is 454 g/mol. The van der Waals surface area contributed by atoms with E-state index >= 15 is 0 Å². The van der Waals surface area contributed by atoms with Gasteiger partial charge >= 0.3 is 0 Å². The summed E-state index contributed by atoms with van der Waals surface area (Å²) >= 11 is 3.33. The van der Waals surface area contributed by atoms with E-state index in [9.17, 15) is 13.2 Å². The number of sulfonamides is 1. The van der Waals surface area contributed by atoms with E-state index in [0.717, 1.165) is 4.31 Å². The van der Waals surface area contributed by atoms with Crippen molar-refractivity contribution in [3.05, 3.63) is 52.5 Å². The van der Waals surface area contributed by atoms with Gasteiger partial charge in [-0.3, -0.25) is 4.79 Å². The van der Waals surface area contributed by atoms with Crippen LogP contribution < -0.4 is 9.47 Å². The van der Waals surface area contributed by atoms with E-state index < -0.39 is 22.0 Å². The predicted octanol–water partition coefficient (Wildman–Crippen LogP) is 3.71. The molecule has 0 unspecified atom stereocenters. The van der Waals surface area contributed by atoms with Crippen LogP contribution in [0, 0.1) is 5.92 Å². The number of hydrogen-bond donors (Lipinski definition) is 0. The molecule has 2 aromatic rings. The lowest BCUT2D eigenvalue weighted by atomic mass is 10.0. The van der Waals surface area contributed by atoms with Crippen LogP contribution in [0.25, 0.3) is 0 Å². The minimum absolute atomic E-state index is 0.0305. The largest absolute Gasteiger partial charge is 0.496 e. The Morgan fingerprint density at radius 3 is 2.63 bits per heavy atom. The first kappa shape index (κ1) is 19.7. The fraction of sp³-hybridized carbons (Fsp3) is 0.316. The second-order valence-corrected chi connectivity index (χ2v) is 9.22. The number of benzene rings is 2. The molecule has 3 rings (SSSR count). The Morgan fingerprint density at radius 2 is 1.96 bits per heavy atom. The van der Waals surface area contributed by atoms with Crippen LogP contribution in [0.4, 0.5) is 0 Å². The second kappa shape index (κ2) is 7.52. The second-order valence-electron chi connectivity index (χ2n) is 6.52. The number of halogens is 1. The molecule has 8 heteroatoms. The van der Waals surface area contributed by atoms with Gasteiger partial charge in [-0.15, -0.1) is 0 Å². The highest BCUT2D eigenvalue weighted by Crippen LogP contribution is 2.36. The number of methoxy groups -OCH3 is 1. The van der Waals surface area contributed by atoms with Crippen LogP contribution in [0.5, 0.6) is 11.5 Å². The zero-order chi connectivity index (χ0) is 19.8. The van der Waals surface area contributed by atoms with E-state index in [1.54, 1.807) is 36.4 Å². The van der Waals surface area contributed by atoms with Crippen molar-refractivity contribution >= 4 is 31.9 Å². The topological polar surface area (TPSA) is 72.9 Å². The Bertz CT molecular complexity index is 974. The molecule has 1 aliphatic rings. The van der Waals surface area contributed by atoms with Crippen molar-refractivity contribution in [3.63, 3.8) is 0 Å². The molecule has 144 valence electrons. The van der Waals surface area contributed by atoms with Crippen LogP contribution in [0.3, 0.4) is 0 Å². The summed E-state index contributed by atoms with van der Waals surface area (Å²) < 4.78 is 39.5. The number of hydrogen-bond acceptors (Lipinski definition) is 5. The van der Waals surface area contributed by atoms with E-state index in [1.165, 1.54) is 13.2 Å². The van der Waals surface area contributed by atoms with Gasteiger partial charge in [0.05, 0.1) is 18.7 Å². The van der Waals surface area contributed by atoms with E-state index in [1.807, 2.05) is 13.8 Å². The highest BCUT2D eigenvalue weighted by atomic mass is 79.9. The van der Waals surface area contributed by atoms with Gasteiger partial charge in [-0.05, 0) is 36.2 Å². The molecule has 1 heterocycles. The number of rotatable bonds is 3. The van der Waals surface area contributed by atoms with Gasteiger partial charge in [0.2, 0.25) is 0 Å². The minimum Gasteiger partial charge on any atom is -0.496 e. The van der Waals surface area contributed by atoms with Crippen molar-refractivity contribution in [1.82, 2.24) is 4.31 Å². The van der Waals surface area contributed by atoms with Crippen molar-refractivity contribution in [2.24, 2.45) is 5.92 Å². The summed E-state index contributed by atoms with van der Waals surface area (Å²) in [5, 5.41) is 0. The number of ether oxygens (including phenoxy) is 2. The maximum absolute atomic E-state index is 13.4. The third kappa shape index (κ3) is 3.55. The molecule has 0 aromatic heterocycles. The summed E-state index contributed by atoms with van der Waals surface area (Å²) in [4.78, 5) is 13.3. The monoisotopic (exact) mass is 453 g/mol. The van der Waals surface area contributed by atoms with Crippen molar-refractivity contribution in [1.29, 1.82) is 0 Å². The molecular formula is C19H20BrNO5S. The van der Waals surface area contributed by atoms with E-state index in [-0.39, 0.29) is 28.7 Å². The number of nitrogens with zero attached hydrogens (tertiary/aromatic N) is 1. The molecule has 0 bridgehead atoms. The van der Waals surface area contributed by atoms with Crippen molar-refractivity contribution in [2.45, 2.75) is 24.8 Å². The summed E-state index contributed by atoms with van der Waals surface area (Å²) in [7, 11) is -2.68. The maximum Gasteiger partial charge on any atom is 0.271 e. The summed E-state index contributed by atoms with van der Waals surface area (Å²) in [6.45, 7) is 3.79. The van der Waals surface area contributed by atoms with Gasteiger partial charge in [0.15, 0.2) is 0 Å². The Kier molecular flexibility index (Phi) is 5.48. The normalized spacial score (nSPS) is 18.4. The molecular weight excluding hydrogens is 434 g/mol. The lowest BCUT2D eigenvalue weighted by Crippen LogP contribution is -2.48. The molecule has 1 atom stereocenters. The van der Waals surface area contributed by atoms with Crippen molar-refractivity contribution in [3.8, 4) is 11.5 Å². The summed E-state index contributed by atoms with van der Waals surface area (Å²) in [6, 6.07) is 10.6. The fourth-order valence-corrected chi connectivity index (χ4v) is 5.14. The molecule has 1 aliphatic heterocycles. The summed E-state index contributed by atoms with van der Waals surface area (Å²) in [6.07, 6.45) is 0. The van der Waals surface area contributed by atoms with E-state index in [4.69, 9.17) is 9.47 Å². The Labute approximate surface area is 167 Å². The highest BCUT2D eigenvalue weighted by Gasteiger charge is 2.42. The lowest BCUT2D eigenvalue weighted by Gasteiger charge is -2.31. The predicted molar refractivity (Wildman–Crippen MR) is 105 cm³/mol. The van der Waals surface area contributed by atoms with Crippen LogP contribution in [0.15, 0.2) is 51.8 Å². The Balaban J connectivity index is 2.20. The van der Waals surface area contributed by atoms with Crippen LogP contribution in [-0.2, 0) is 10.0 Å². The lowest BCUT2D eigenvalue weighted by molar-refractivity contribution is 0.0748. The molecule has 0 spiro atoms. The van der Waals surface area contributed by atoms with Gasteiger partial charge in [0, 0.05) is 4.47 Å². The highest BCUT2D eigenvalue weighted by molar-refractivity contribution is 9.10. The SMILES string of the molecule is COc1ccccc1C(=O)N1[C@@H](C(C)C)COc2cc(Br)ccc2S1(=O)=O. The molecule has 2 aromatic carbocycles. The molecule has 27 heavy (non-hydrogen) atoms. The molecule has 1 amide bonds. The van der Waals surface area contributed by atoms with Gasteiger partial charge in [-0.1, -0.05) is 41.9 Å². The van der Waals surface area contributed by atoms with E-state index in [0.29, 0.717) is 10.2 Å². The third-order valence-electron chi connectivity index (χ3n) is 4.46. The molecule has 0 saturated carbocycles. The maximum atomic E-state index is 13.4. The van der Waals surface area contributed by atoms with E-state index in [2.05, 4.69) is 15.9 Å². The smallest absolute Gasteiger partial charge is 0.271 e. The summed E-state index contributed by atoms with van der Waals surface area (Å²) in [5.41, 5.74) is 0.190. The number of carbonyl (C=O) groups is 1. The zero-order valence-corrected chi connectivity index (χ0v) is 17.6. The first-order chi connectivity index (χ1) is 12.8. The van der Waals surface area contributed by atoms with Gasteiger partial charge in [-0.2, -0.15) is 0 Å². The Morgan fingerprint density at radius 1 is 1.26 bits per heavy atom. The van der Waals surface area contributed by atoms with Gasteiger partial charge in [-0.25, -0.2) is 12.7 Å². The van der Waals surface area contributed by atoms with Crippen LogP contribution in [0.1, 0.15) is 24.2 Å². The molecule has 0 fully saturated rings. The van der Waals surface area contributed by atoms with Gasteiger partial charge in [0.25, 0.3) is 15.9 Å². The molecule has 0 aliphatic carbocycles. The van der Waals surface area contributed by atoms with Gasteiger partial charge < -0.3 is 9.47 Å². The molecule has 0 N–H and O–H groups in total. The first-order valence-electron chi connectivity index (χ1n) is 8.41. The number of carbonyl (C=O) groups excluding carboxylic acids is 1. The summed E-state index contributed by atoms with van der Waals surface area (Å²) in [5.74, 6) is -0.228. The third-order valence-corrected chi connectivity index (χ3v) is 6.80. The average Bonchev–Trinajstić information content (AvgIpc) is 2.74. The standard InChI is InChI=1S/C19H20BrNO5S/c1-12(2)15-11-26-17-10-13(20)8-9-18(17)27(23,24)21(15)19(22)14-6-4-5-7-16(14)25-3/h4-10,12,15H,11H2,1-3H3/t15-/m1/s1. The number of amides is 1. The zero-order valence-electron chi connectivity index (χ0n) is 15.2. The number of fused-ring (bicyclic) bond motifs is 1. The molecule has 0 radical (unpaired) electrons. The quantitative estimate of drug-likeness (QED) is 0.707. The Hall–Kier alpha value is -2.06. The minimum atomic E-state index is -4.12. The van der Waals surface area contributed by atoms with Crippen LogP contribution in [0.2, 0.25) is 0 Å². The molecule has 0 saturated heterocycles. The van der Waals surface area contributed by atoms with Gasteiger partial charge in [0.1, 0.15) is 23.0 Å². The first-order valence-corrected chi connectivity index (χ1v) is 10.6. The van der Waals surface area contributed by atoms with Crippen LogP contribution in [-0.4, -0.2) is 38.4 Å². The number of para-hydroxylation sites is 1. The molecule has 6 nitrogen and oxygen atoms in total. The fourth-order valence-electron chi connectivity index (χ4n) is 3.00.